The quantitative estimate of drug-likeness (QED) is 0.812. The fourth-order valence-electron chi connectivity index (χ4n) is 1.84. The maximum Gasteiger partial charge on any atom is 0.242 e. The molecule has 0 unspecified atom stereocenters. The van der Waals surface area contributed by atoms with Crippen molar-refractivity contribution >= 4 is 16.9 Å². The number of ether oxygens (including phenoxy) is 1. The van der Waals surface area contributed by atoms with E-state index >= 15 is 0 Å². The van der Waals surface area contributed by atoms with E-state index in [9.17, 15) is 4.79 Å². The number of nitrogens with zero attached hydrogens (tertiary/aromatic N) is 2. The fraction of sp³-hybridized carbons (Fsp3) is 0.385. The number of benzene rings is 1. The third-order valence-electron chi connectivity index (χ3n) is 2.88. The molecule has 0 aliphatic rings. The standard InChI is InChI=1S/C13H17N3O2/c1-10(13(17)14-7-8-18-2)16-9-15-11-5-3-4-6-12(11)16/h3-6,9-10H,7-8H2,1-2H3,(H,14,17)/t10-/m0/s1. The van der Waals surface area contributed by atoms with E-state index in [1.807, 2.05) is 35.8 Å². The van der Waals surface area contributed by atoms with Crippen LogP contribution in [0.1, 0.15) is 13.0 Å². The number of carbonyl (C=O) groups is 1. The van der Waals surface area contributed by atoms with E-state index in [1.165, 1.54) is 0 Å². The van der Waals surface area contributed by atoms with Crippen LogP contribution in [0.25, 0.3) is 11.0 Å². The number of hydrogen-bond acceptors (Lipinski definition) is 3. The van der Waals surface area contributed by atoms with E-state index in [4.69, 9.17) is 4.74 Å². The molecule has 0 fully saturated rings. The topological polar surface area (TPSA) is 56.1 Å². The second-order valence-electron chi connectivity index (χ2n) is 4.10. The van der Waals surface area contributed by atoms with Crippen molar-refractivity contribution in [1.29, 1.82) is 0 Å². The lowest BCUT2D eigenvalue weighted by atomic mass is 10.2. The zero-order valence-corrected chi connectivity index (χ0v) is 10.6. The second-order valence-corrected chi connectivity index (χ2v) is 4.10. The summed E-state index contributed by atoms with van der Waals surface area (Å²) in [6.45, 7) is 2.89. The van der Waals surface area contributed by atoms with Gasteiger partial charge in [0.15, 0.2) is 0 Å². The van der Waals surface area contributed by atoms with Crippen molar-refractivity contribution in [2.24, 2.45) is 0 Å². The van der Waals surface area contributed by atoms with Gasteiger partial charge in [-0.1, -0.05) is 12.1 Å². The lowest BCUT2D eigenvalue weighted by molar-refractivity contribution is -0.123. The van der Waals surface area contributed by atoms with Crippen molar-refractivity contribution in [3.05, 3.63) is 30.6 Å². The molecule has 0 aliphatic carbocycles. The Morgan fingerprint density at radius 2 is 2.28 bits per heavy atom. The van der Waals surface area contributed by atoms with E-state index in [1.54, 1.807) is 13.4 Å². The van der Waals surface area contributed by atoms with Gasteiger partial charge < -0.3 is 14.6 Å². The van der Waals surface area contributed by atoms with Crippen LogP contribution in [-0.4, -0.2) is 35.7 Å². The number of fused-ring (bicyclic) bond motifs is 1. The van der Waals surface area contributed by atoms with E-state index < -0.39 is 0 Å². The summed E-state index contributed by atoms with van der Waals surface area (Å²) in [6.07, 6.45) is 1.70. The van der Waals surface area contributed by atoms with Gasteiger partial charge in [0, 0.05) is 13.7 Å². The molecule has 2 aromatic rings. The van der Waals surface area contributed by atoms with Crippen LogP contribution >= 0.6 is 0 Å². The minimum Gasteiger partial charge on any atom is -0.383 e. The van der Waals surface area contributed by atoms with Gasteiger partial charge in [-0.2, -0.15) is 0 Å². The number of carbonyl (C=O) groups excluding carboxylic acids is 1. The molecule has 5 heteroatoms. The number of aromatic nitrogens is 2. The summed E-state index contributed by atoms with van der Waals surface area (Å²) >= 11 is 0. The summed E-state index contributed by atoms with van der Waals surface area (Å²) in [5.74, 6) is -0.0322. The molecule has 0 aliphatic heterocycles. The molecule has 0 radical (unpaired) electrons. The molecule has 5 nitrogen and oxygen atoms in total. The van der Waals surface area contributed by atoms with Gasteiger partial charge in [-0.05, 0) is 19.1 Å². The van der Waals surface area contributed by atoms with Gasteiger partial charge in [-0.15, -0.1) is 0 Å². The average Bonchev–Trinajstić information content (AvgIpc) is 2.82. The van der Waals surface area contributed by atoms with Gasteiger partial charge in [0.2, 0.25) is 5.91 Å². The molecule has 96 valence electrons. The van der Waals surface area contributed by atoms with Crippen molar-refractivity contribution in [1.82, 2.24) is 14.9 Å². The van der Waals surface area contributed by atoms with Gasteiger partial charge in [0.25, 0.3) is 0 Å². The molecule has 0 saturated heterocycles. The number of imidazole rings is 1. The third-order valence-corrected chi connectivity index (χ3v) is 2.88. The summed E-state index contributed by atoms with van der Waals surface area (Å²) in [6, 6.07) is 7.48. The Balaban J connectivity index is 2.13. The van der Waals surface area contributed by atoms with Gasteiger partial charge >= 0.3 is 0 Å². The van der Waals surface area contributed by atoms with Crippen LogP contribution < -0.4 is 5.32 Å². The number of nitrogens with one attached hydrogen (secondary N) is 1. The van der Waals surface area contributed by atoms with Gasteiger partial charge in [-0.25, -0.2) is 4.98 Å². The van der Waals surface area contributed by atoms with Crippen LogP contribution in [0.2, 0.25) is 0 Å². The maximum atomic E-state index is 11.9. The lowest BCUT2D eigenvalue weighted by Gasteiger charge is -2.14. The molecule has 1 aromatic heterocycles. The smallest absolute Gasteiger partial charge is 0.242 e. The predicted octanol–water partition coefficient (Wildman–Crippen LogP) is 1.36. The number of methoxy groups -OCH3 is 1. The largest absolute Gasteiger partial charge is 0.383 e. The molecular formula is C13H17N3O2. The highest BCUT2D eigenvalue weighted by Gasteiger charge is 2.16. The second kappa shape index (κ2) is 5.64. The SMILES string of the molecule is COCCNC(=O)[C@H](C)n1cnc2ccccc21. The average molecular weight is 247 g/mol. The van der Waals surface area contributed by atoms with E-state index in [-0.39, 0.29) is 11.9 Å². The molecular weight excluding hydrogens is 230 g/mol. The van der Waals surface area contributed by atoms with Crippen LogP contribution in [0.3, 0.4) is 0 Å². The molecule has 18 heavy (non-hydrogen) atoms. The molecule has 1 N–H and O–H groups in total. The molecule has 1 amide bonds. The molecule has 1 heterocycles. The Labute approximate surface area is 106 Å². The van der Waals surface area contributed by atoms with Crippen LogP contribution in [0, 0.1) is 0 Å². The number of para-hydroxylation sites is 2. The van der Waals surface area contributed by atoms with Crippen LogP contribution in [-0.2, 0) is 9.53 Å². The van der Waals surface area contributed by atoms with Crippen LogP contribution in [0.4, 0.5) is 0 Å². The first-order chi connectivity index (χ1) is 8.74. The molecule has 2 rings (SSSR count). The van der Waals surface area contributed by atoms with Crippen LogP contribution in [0.15, 0.2) is 30.6 Å². The summed E-state index contributed by atoms with van der Waals surface area (Å²) in [4.78, 5) is 16.2. The monoisotopic (exact) mass is 247 g/mol. The highest BCUT2D eigenvalue weighted by atomic mass is 16.5. The zero-order chi connectivity index (χ0) is 13.0. The van der Waals surface area contributed by atoms with Crippen molar-refractivity contribution in [2.45, 2.75) is 13.0 Å². The Kier molecular flexibility index (Phi) is 3.94. The first kappa shape index (κ1) is 12.6. The van der Waals surface area contributed by atoms with E-state index in [2.05, 4.69) is 10.3 Å². The molecule has 0 bridgehead atoms. The van der Waals surface area contributed by atoms with Crippen molar-refractivity contribution in [2.75, 3.05) is 20.3 Å². The fourth-order valence-corrected chi connectivity index (χ4v) is 1.84. The minimum absolute atomic E-state index is 0.0322. The minimum atomic E-state index is -0.283. The third kappa shape index (κ3) is 2.51. The summed E-state index contributed by atoms with van der Waals surface area (Å²) in [5, 5.41) is 2.82. The van der Waals surface area contributed by atoms with E-state index in [0.29, 0.717) is 13.2 Å². The number of rotatable bonds is 5. The summed E-state index contributed by atoms with van der Waals surface area (Å²) in [7, 11) is 1.61. The van der Waals surface area contributed by atoms with Crippen LogP contribution in [0.5, 0.6) is 0 Å². The molecule has 1 aromatic carbocycles. The Morgan fingerprint density at radius 1 is 1.50 bits per heavy atom. The maximum absolute atomic E-state index is 11.9. The molecule has 0 spiro atoms. The molecule has 0 saturated carbocycles. The molecule has 1 atom stereocenters. The Hall–Kier alpha value is -1.88. The lowest BCUT2D eigenvalue weighted by Crippen LogP contribution is -2.33. The summed E-state index contributed by atoms with van der Waals surface area (Å²) < 4.78 is 6.77. The number of amides is 1. The van der Waals surface area contributed by atoms with Gasteiger partial charge in [0.1, 0.15) is 6.04 Å². The van der Waals surface area contributed by atoms with Crippen molar-refractivity contribution in [3.63, 3.8) is 0 Å². The summed E-state index contributed by atoms with van der Waals surface area (Å²) in [5.41, 5.74) is 1.86. The first-order valence-electron chi connectivity index (χ1n) is 5.92. The Bertz CT molecular complexity index is 536. The van der Waals surface area contributed by atoms with Crippen molar-refractivity contribution in [3.8, 4) is 0 Å². The highest BCUT2D eigenvalue weighted by Crippen LogP contribution is 2.17. The van der Waals surface area contributed by atoms with E-state index in [0.717, 1.165) is 11.0 Å². The normalized spacial score (nSPS) is 12.6. The van der Waals surface area contributed by atoms with Crippen molar-refractivity contribution < 1.29 is 9.53 Å². The highest BCUT2D eigenvalue weighted by molar-refractivity contribution is 5.83. The zero-order valence-electron chi connectivity index (χ0n) is 10.6. The number of hydrogen-bond donors (Lipinski definition) is 1. The van der Waals surface area contributed by atoms with Gasteiger partial charge in [-0.3, -0.25) is 4.79 Å². The Morgan fingerprint density at radius 3 is 3.06 bits per heavy atom. The predicted molar refractivity (Wildman–Crippen MR) is 69.3 cm³/mol. The first-order valence-corrected chi connectivity index (χ1v) is 5.92. The van der Waals surface area contributed by atoms with Gasteiger partial charge in [0.05, 0.1) is 24.0 Å².